The van der Waals surface area contributed by atoms with Gasteiger partial charge in [-0.1, -0.05) is 0 Å². The Labute approximate surface area is 321 Å². The molecule has 2 radical (unpaired) electrons. The Hall–Kier alpha value is -4.83. The Kier molecular flexibility index (Phi) is 10.4. The SMILES string of the molecule is CC(C)(C)OC(=O)N1CCC([Si]C(=O)C2C(=O)c3ccc(S(=O)(=O)c4ccc5c(c4)C(=O)C(C(=O)[C@H]4CCN(C(=O)OC(C)(C)C)C4)C5=O)cc3C2=O)CC1. The molecule has 4 aliphatic rings. The van der Waals surface area contributed by atoms with Gasteiger partial charge in [-0.25, -0.2) is 18.0 Å². The minimum Gasteiger partial charge on any atom is -0.444 e. The molecule has 2 heterocycles. The van der Waals surface area contributed by atoms with Gasteiger partial charge in [-0.3, -0.25) is 24.0 Å². The van der Waals surface area contributed by atoms with E-state index >= 15 is 0 Å². The summed E-state index contributed by atoms with van der Waals surface area (Å²) < 4.78 is 38.5. The normalized spacial score (nSPS) is 21.8. The molecule has 55 heavy (non-hydrogen) atoms. The third-order valence-electron chi connectivity index (χ3n) is 10.00. The Bertz CT molecular complexity index is 2160. The highest BCUT2D eigenvalue weighted by molar-refractivity contribution is 7.91. The van der Waals surface area contributed by atoms with Crippen molar-refractivity contribution in [2.75, 3.05) is 26.2 Å². The summed E-state index contributed by atoms with van der Waals surface area (Å²) >= 11 is 0. The van der Waals surface area contributed by atoms with Crippen molar-refractivity contribution in [2.24, 2.45) is 17.8 Å². The van der Waals surface area contributed by atoms with Gasteiger partial charge in [0.05, 0.1) is 9.79 Å². The van der Waals surface area contributed by atoms with E-state index in [1.54, 1.807) is 46.4 Å². The Balaban J connectivity index is 1.13. The number of piperidine rings is 1. The molecule has 14 nitrogen and oxygen atoms in total. The molecule has 2 saturated heterocycles. The standard InChI is InChI=1S/C39H42N2O12SSi/c1-38(2,3)52-36(48)40-15-12-23(13-16-40)55-35(47)29-32(44)25-10-8-22(18-27(25)34(29)46)54(50,51)21-7-9-24-26(17-21)33(45)28(31(24)43)30(42)20-11-14-41(19-20)37(49)53-39(4,5)6/h7-10,17-18,20,23,28-29H,11-16,19H2,1-6H3/t20-,28?,29?/m0/s1. The molecule has 16 heteroatoms. The Morgan fingerprint density at radius 1 is 0.636 bits per heavy atom. The predicted octanol–water partition coefficient (Wildman–Crippen LogP) is 4.39. The van der Waals surface area contributed by atoms with Crippen LogP contribution >= 0.6 is 0 Å². The number of fused-ring (bicyclic) bond motifs is 2. The summed E-state index contributed by atoms with van der Waals surface area (Å²) in [5.74, 6) is -7.81. The number of ether oxygens (including phenoxy) is 2. The summed E-state index contributed by atoms with van der Waals surface area (Å²) in [6.45, 7) is 11.3. The zero-order valence-corrected chi connectivity index (χ0v) is 33.2. The van der Waals surface area contributed by atoms with Crippen LogP contribution in [0.5, 0.6) is 0 Å². The lowest BCUT2D eigenvalue weighted by atomic mass is 9.88. The number of rotatable bonds is 7. The highest BCUT2D eigenvalue weighted by atomic mass is 32.2. The van der Waals surface area contributed by atoms with E-state index in [1.165, 1.54) is 17.0 Å². The second-order valence-corrected chi connectivity index (χ2v) is 19.9. The summed E-state index contributed by atoms with van der Waals surface area (Å²) in [5, 5.41) is -0.549. The molecule has 0 aromatic heterocycles. The highest BCUT2D eigenvalue weighted by Crippen LogP contribution is 2.36. The molecule has 2 aliphatic heterocycles. The molecule has 0 spiro atoms. The number of nitrogens with zero attached hydrogens (tertiary/aromatic N) is 2. The lowest BCUT2D eigenvalue weighted by Gasteiger charge is -2.33. The maximum absolute atomic E-state index is 13.9. The second-order valence-electron chi connectivity index (χ2n) is 16.3. The van der Waals surface area contributed by atoms with E-state index in [1.807, 2.05) is 0 Å². The lowest BCUT2D eigenvalue weighted by molar-refractivity contribution is -0.123. The number of likely N-dealkylation sites (tertiary alicyclic amines) is 2. The summed E-state index contributed by atoms with van der Waals surface area (Å²) in [5.41, 5.74) is -2.15. The summed E-state index contributed by atoms with van der Waals surface area (Å²) in [6, 6.07) is 6.72. The zero-order chi connectivity index (χ0) is 40.4. The molecule has 2 aromatic rings. The van der Waals surface area contributed by atoms with Crippen LogP contribution in [0.15, 0.2) is 46.2 Å². The van der Waals surface area contributed by atoms with Gasteiger partial charge in [-0.2, -0.15) is 0 Å². The van der Waals surface area contributed by atoms with Crippen molar-refractivity contribution < 1.29 is 56.2 Å². The molecule has 2 aliphatic carbocycles. The summed E-state index contributed by atoms with van der Waals surface area (Å²) in [4.78, 5) is 108. The number of hydrogen-bond donors (Lipinski definition) is 0. The molecule has 6 rings (SSSR count). The van der Waals surface area contributed by atoms with Crippen molar-refractivity contribution in [3.8, 4) is 0 Å². The smallest absolute Gasteiger partial charge is 0.410 e. The largest absolute Gasteiger partial charge is 0.444 e. The topological polar surface area (TPSA) is 196 Å². The quantitative estimate of drug-likeness (QED) is 0.284. The first-order valence-electron chi connectivity index (χ1n) is 18.1. The average Bonchev–Trinajstić information content (AvgIpc) is 3.76. The number of Topliss-reactive ketones (excluding diaryl/α,β-unsaturated/α-hetero) is 5. The highest BCUT2D eigenvalue weighted by Gasteiger charge is 2.48. The number of carbonyl (C=O) groups is 8. The first-order chi connectivity index (χ1) is 25.6. The Morgan fingerprint density at radius 3 is 1.58 bits per heavy atom. The Morgan fingerprint density at radius 2 is 1.07 bits per heavy atom. The average molecular weight is 791 g/mol. The van der Waals surface area contributed by atoms with Gasteiger partial charge < -0.3 is 24.1 Å². The zero-order valence-electron chi connectivity index (χ0n) is 31.4. The van der Waals surface area contributed by atoms with Crippen molar-refractivity contribution in [1.82, 2.24) is 9.80 Å². The number of hydrogen-bond acceptors (Lipinski definition) is 12. The van der Waals surface area contributed by atoms with Crippen LogP contribution in [0.1, 0.15) is 102 Å². The number of ketones is 5. The molecule has 0 saturated carbocycles. The van der Waals surface area contributed by atoms with Crippen LogP contribution in [0.3, 0.4) is 0 Å². The van der Waals surface area contributed by atoms with Gasteiger partial charge in [0.1, 0.15) is 38.0 Å². The molecule has 0 N–H and O–H groups in total. The van der Waals surface area contributed by atoms with E-state index in [9.17, 15) is 46.8 Å². The molecule has 290 valence electrons. The third kappa shape index (κ3) is 7.83. The molecular weight excluding hydrogens is 749 g/mol. The summed E-state index contributed by atoms with van der Waals surface area (Å²) in [7, 11) is -4.80. The lowest BCUT2D eigenvalue weighted by Crippen LogP contribution is -2.42. The predicted molar refractivity (Wildman–Crippen MR) is 195 cm³/mol. The van der Waals surface area contributed by atoms with Crippen molar-refractivity contribution in [2.45, 2.75) is 87.3 Å². The van der Waals surface area contributed by atoms with Gasteiger partial charge in [-0.05, 0) is 103 Å². The molecule has 2 amide bonds. The number of benzene rings is 2. The second kappa shape index (κ2) is 14.3. The van der Waals surface area contributed by atoms with Gasteiger partial charge in [0.15, 0.2) is 28.9 Å². The molecule has 2 unspecified atom stereocenters. The minimum absolute atomic E-state index is 0.0254. The number of amides is 2. The van der Waals surface area contributed by atoms with Crippen molar-refractivity contribution in [1.29, 1.82) is 0 Å². The molecule has 2 fully saturated rings. The fourth-order valence-electron chi connectivity index (χ4n) is 7.25. The van der Waals surface area contributed by atoms with E-state index < -0.39 is 85.3 Å². The summed E-state index contributed by atoms with van der Waals surface area (Å²) in [6.07, 6.45) is 0.151. The number of sulfone groups is 1. The third-order valence-corrected chi connectivity index (χ3v) is 13.3. The molecule has 2 aromatic carbocycles. The van der Waals surface area contributed by atoms with Crippen LogP contribution in [0.2, 0.25) is 5.54 Å². The van der Waals surface area contributed by atoms with E-state index in [0.717, 1.165) is 24.3 Å². The van der Waals surface area contributed by atoms with Gasteiger partial charge >= 0.3 is 12.2 Å². The van der Waals surface area contributed by atoms with Gasteiger partial charge in [0.2, 0.25) is 9.84 Å². The molecule has 3 atom stereocenters. The molecule has 0 bridgehead atoms. The maximum atomic E-state index is 13.9. The van der Waals surface area contributed by atoms with Gasteiger partial charge in [0, 0.05) is 54.4 Å². The molecular formula is C39H42N2O12SSi. The first kappa shape index (κ1) is 39.8. The van der Waals surface area contributed by atoms with E-state index in [4.69, 9.17) is 9.47 Å². The van der Waals surface area contributed by atoms with Crippen LogP contribution in [0.25, 0.3) is 0 Å². The minimum atomic E-state index is -4.43. The fourth-order valence-corrected chi connectivity index (χ4v) is 9.94. The van der Waals surface area contributed by atoms with Crippen molar-refractivity contribution >= 4 is 65.9 Å². The fraction of sp³-hybridized carbons (Fsp3) is 0.487. The van der Waals surface area contributed by atoms with E-state index in [0.29, 0.717) is 25.9 Å². The number of carbonyl (C=O) groups excluding carboxylic acids is 8. The van der Waals surface area contributed by atoms with Crippen LogP contribution < -0.4 is 0 Å². The van der Waals surface area contributed by atoms with Crippen LogP contribution in [-0.4, -0.2) is 112 Å². The van der Waals surface area contributed by atoms with Crippen molar-refractivity contribution in [3.63, 3.8) is 0 Å². The van der Waals surface area contributed by atoms with Crippen LogP contribution in [0, 0.1) is 17.8 Å². The monoisotopic (exact) mass is 790 g/mol. The van der Waals surface area contributed by atoms with Gasteiger partial charge in [0.25, 0.3) is 0 Å². The van der Waals surface area contributed by atoms with Gasteiger partial charge in [-0.15, -0.1) is 0 Å². The van der Waals surface area contributed by atoms with Crippen LogP contribution in [0.4, 0.5) is 9.59 Å². The van der Waals surface area contributed by atoms with E-state index in [2.05, 4.69) is 0 Å². The maximum Gasteiger partial charge on any atom is 0.410 e. The van der Waals surface area contributed by atoms with E-state index in [-0.39, 0.29) is 66.6 Å². The van der Waals surface area contributed by atoms with Crippen LogP contribution in [-0.2, 0) is 28.9 Å². The first-order valence-corrected chi connectivity index (χ1v) is 20.6. The van der Waals surface area contributed by atoms with Crippen molar-refractivity contribution in [3.05, 3.63) is 58.7 Å².